The van der Waals surface area contributed by atoms with Crippen molar-refractivity contribution in [3.05, 3.63) is 0 Å². The zero-order valence-corrected chi connectivity index (χ0v) is 5.55. The van der Waals surface area contributed by atoms with Gasteiger partial charge in [0.2, 0.25) is 0 Å². The number of hydrogen-bond donors (Lipinski definition) is 2. The molecule has 0 bridgehead atoms. The molecule has 1 saturated carbocycles. The van der Waals surface area contributed by atoms with Crippen molar-refractivity contribution in [1.82, 2.24) is 5.43 Å². The van der Waals surface area contributed by atoms with Crippen LogP contribution >= 0.6 is 12.4 Å². The highest BCUT2D eigenvalue weighted by Crippen LogP contribution is 2.36. The molecular weight excluding hydrogens is 150 g/mol. The van der Waals surface area contributed by atoms with Gasteiger partial charge in [-0.3, -0.25) is 11.3 Å². The molecular formula is C4H9ClF2N2. The molecule has 2 nitrogen and oxygen atoms in total. The smallest absolute Gasteiger partial charge is 0.251 e. The van der Waals surface area contributed by atoms with Gasteiger partial charge in [-0.05, 0) is 0 Å². The lowest BCUT2D eigenvalue weighted by Crippen LogP contribution is -2.51. The summed E-state index contributed by atoms with van der Waals surface area (Å²) in [4.78, 5) is 0. The van der Waals surface area contributed by atoms with Crippen LogP contribution in [0, 0.1) is 0 Å². The lowest BCUT2D eigenvalue weighted by atomic mass is 9.89. The molecule has 1 fully saturated rings. The van der Waals surface area contributed by atoms with E-state index in [1.165, 1.54) is 0 Å². The van der Waals surface area contributed by atoms with Crippen LogP contribution in [0.4, 0.5) is 8.78 Å². The second kappa shape index (κ2) is 2.77. The molecule has 0 unspecified atom stereocenters. The molecule has 0 heterocycles. The van der Waals surface area contributed by atoms with Crippen LogP contribution in [0.15, 0.2) is 0 Å². The summed E-state index contributed by atoms with van der Waals surface area (Å²) in [5.74, 6) is 2.42. The van der Waals surface area contributed by atoms with Crippen LogP contribution in [-0.4, -0.2) is 12.0 Å². The van der Waals surface area contributed by atoms with Gasteiger partial charge in [0.25, 0.3) is 5.92 Å². The Morgan fingerprint density at radius 2 is 1.89 bits per heavy atom. The van der Waals surface area contributed by atoms with Gasteiger partial charge in [-0.2, -0.15) is 0 Å². The number of halogens is 3. The highest BCUT2D eigenvalue weighted by atomic mass is 35.5. The summed E-state index contributed by atoms with van der Waals surface area (Å²) in [6.45, 7) is 0. The third-order valence-electron chi connectivity index (χ3n) is 1.33. The monoisotopic (exact) mass is 158 g/mol. The van der Waals surface area contributed by atoms with Gasteiger partial charge < -0.3 is 0 Å². The molecule has 1 aliphatic carbocycles. The predicted molar refractivity (Wildman–Crippen MR) is 32.5 cm³/mol. The summed E-state index contributed by atoms with van der Waals surface area (Å²) in [6.07, 6.45) is -0.215. The molecule has 0 aliphatic heterocycles. The second-order valence-corrected chi connectivity index (χ2v) is 2.13. The third kappa shape index (κ3) is 2.04. The maximum Gasteiger partial charge on any atom is 0.251 e. The van der Waals surface area contributed by atoms with Crippen molar-refractivity contribution in [2.45, 2.75) is 24.8 Å². The molecule has 1 aliphatic rings. The van der Waals surface area contributed by atoms with Crippen LogP contribution in [0.25, 0.3) is 0 Å². The minimum absolute atomic E-state index is 0. The summed E-state index contributed by atoms with van der Waals surface area (Å²) in [5.41, 5.74) is 2.28. The van der Waals surface area contributed by atoms with Crippen molar-refractivity contribution in [3.63, 3.8) is 0 Å². The number of alkyl halides is 2. The van der Waals surface area contributed by atoms with E-state index in [9.17, 15) is 8.78 Å². The number of nitrogens with two attached hydrogens (primary N) is 1. The molecule has 0 amide bonds. The third-order valence-corrected chi connectivity index (χ3v) is 1.33. The Bertz CT molecular complexity index is 90.6. The van der Waals surface area contributed by atoms with Crippen LogP contribution in [0.3, 0.4) is 0 Å². The first-order valence-electron chi connectivity index (χ1n) is 2.48. The molecule has 9 heavy (non-hydrogen) atoms. The SMILES string of the molecule is Cl.NNC1CC(F)(F)C1. The summed E-state index contributed by atoms with van der Waals surface area (Å²) in [5, 5.41) is 0. The predicted octanol–water partition coefficient (Wildman–Crippen LogP) is 0.669. The molecule has 1 rings (SSSR count). The van der Waals surface area contributed by atoms with Crippen molar-refractivity contribution in [2.24, 2.45) is 5.84 Å². The highest BCUT2D eigenvalue weighted by Gasteiger charge is 2.44. The minimum atomic E-state index is -2.45. The van der Waals surface area contributed by atoms with Crippen molar-refractivity contribution in [2.75, 3.05) is 0 Å². The first kappa shape index (κ1) is 9.07. The summed E-state index contributed by atoms with van der Waals surface area (Å²) in [6, 6.07) is -0.162. The Kier molecular flexibility index (Phi) is 2.79. The molecule has 3 N–H and O–H groups in total. The molecule has 0 atom stereocenters. The Morgan fingerprint density at radius 3 is 2.00 bits per heavy atom. The second-order valence-electron chi connectivity index (χ2n) is 2.13. The van der Waals surface area contributed by atoms with E-state index in [2.05, 4.69) is 5.43 Å². The van der Waals surface area contributed by atoms with Crippen molar-refractivity contribution in [3.8, 4) is 0 Å². The van der Waals surface area contributed by atoms with E-state index in [1.807, 2.05) is 0 Å². The topological polar surface area (TPSA) is 38.0 Å². The average Bonchev–Trinajstić information content (AvgIpc) is 1.60. The Balaban J connectivity index is 0.000000640. The van der Waals surface area contributed by atoms with Crippen LogP contribution in [0.5, 0.6) is 0 Å². The fraction of sp³-hybridized carbons (Fsp3) is 1.00. The van der Waals surface area contributed by atoms with Gasteiger partial charge in [0.1, 0.15) is 0 Å². The Labute approximate surface area is 58.2 Å². The molecule has 0 aromatic rings. The fourth-order valence-electron chi connectivity index (χ4n) is 0.779. The van der Waals surface area contributed by atoms with Gasteiger partial charge in [0, 0.05) is 18.9 Å². The van der Waals surface area contributed by atoms with E-state index in [1.54, 1.807) is 0 Å². The van der Waals surface area contributed by atoms with Crippen LogP contribution in [0.2, 0.25) is 0 Å². The zero-order valence-electron chi connectivity index (χ0n) is 4.73. The van der Waals surface area contributed by atoms with Crippen LogP contribution < -0.4 is 11.3 Å². The van der Waals surface area contributed by atoms with Gasteiger partial charge >= 0.3 is 0 Å². The zero-order chi connectivity index (χ0) is 6.20. The summed E-state index contributed by atoms with van der Waals surface area (Å²) in [7, 11) is 0. The number of rotatable bonds is 1. The van der Waals surface area contributed by atoms with Gasteiger partial charge in [0.05, 0.1) is 0 Å². The average molecular weight is 159 g/mol. The molecule has 0 saturated heterocycles. The van der Waals surface area contributed by atoms with Gasteiger partial charge in [-0.15, -0.1) is 12.4 Å². The number of hydrazine groups is 1. The first-order chi connectivity index (χ1) is 3.64. The molecule has 0 aromatic heterocycles. The summed E-state index contributed by atoms with van der Waals surface area (Å²) >= 11 is 0. The van der Waals surface area contributed by atoms with Crippen molar-refractivity contribution < 1.29 is 8.78 Å². The molecule has 5 heteroatoms. The van der Waals surface area contributed by atoms with E-state index in [4.69, 9.17) is 5.84 Å². The van der Waals surface area contributed by atoms with Gasteiger partial charge in [-0.1, -0.05) is 0 Å². The normalized spacial score (nSPS) is 24.3. The van der Waals surface area contributed by atoms with E-state index in [0.717, 1.165) is 0 Å². The molecule has 0 spiro atoms. The van der Waals surface area contributed by atoms with E-state index >= 15 is 0 Å². The fourth-order valence-corrected chi connectivity index (χ4v) is 0.779. The quantitative estimate of drug-likeness (QED) is 0.435. The highest BCUT2D eigenvalue weighted by molar-refractivity contribution is 5.85. The van der Waals surface area contributed by atoms with E-state index < -0.39 is 5.92 Å². The molecule has 0 aromatic carbocycles. The maximum atomic E-state index is 11.9. The summed E-state index contributed by atoms with van der Waals surface area (Å²) < 4.78 is 23.8. The van der Waals surface area contributed by atoms with E-state index in [-0.39, 0.29) is 31.3 Å². The van der Waals surface area contributed by atoms with Gasteiger partial charge in [0.15, 0.2) is 0 Å². The molecule has 0 radical (unpaired) electrons. The lowest BCUT2D eigenvalue weighted by Gasteiger charge is -2.33. The molecule has 56 valence electrons. The Hall–Kier alpha value is 0.0700. The van der Waals surface area contributed by atoms with Crippen molar-refractivity contribution in [1.29, 1.82) is 0 Å². The Morgan fingerprint density at radius 1 is 1.44 bits per heavy atom. The van der Waals surface area contributed by atoms with Crippen molar-refractivity contribution >= 4 is 12.4 Å². The number of nitrogens with one attached hydrogen (secondary N) is 1. The van der Waals surface area contributed by atoms with Crippen LogP contribution in [-0.2, 0) is 0 Å². The van der Waals surface area contributed by atoms with Crippen LogP contribution in [0.1, 0.15) is 12.8 Å². The first-order valence-corrected chi connectivity index (χ1v) is 2.48. The number of hydrogen-bond acceptors (Lipinski definition) is 2. The van der Waals surface area contributed by atoms with Gasteiger partial charge in [-0.25, -0.2) is 8.78 Å². The maximum absolute atomic E-state index is 11.9. The largest absolute Gasteiger partial charge is 0.271 e. The minimum Gasteiger partial charge on any atom is -0.271 e. The lowest BCUT2D eigenvalue weighted by molar-refractivity contribution is -0.0926. The van der Waals surface area contributed by atoms with E-state index in [0.29, 0.717) is 0 Å². The standard InChI is InChI=1S/C4H8F2N2.ClH/c5-4(6)1-3(2-4)8-7;/h3,8H,1-2,7H2;1H.